The highest BCUT2D eigenvalue weighted by Crippen LogP contribution is 2.15. The van der Waals surface area contributed by atoms with Crippen LogP contribution in [0.5, 0.6) is 0 Å². The largest absolute Gasteiger partial charge is 0.315 e. The zero-order chi connectivity index (χ0) is 12.8. The lowest BCUT2D eigenvalue weighted by molar-refractivity contribution is -0.111. The summed E-state index contributed by atoms with van der Waals surface area (Å²) in [5.74, 6) is 5.03. The van der Waals surface area contributed by atoms with E-state index in [9.17, 15) is 4.79 Å². The van der Waals surface area contributed by atoms with Gasteiger partial charge in [0, 0.05) is 21.6 Å². The van der Waals surface area contributed by atoms with E-state index in [1.807, 2.05) is 54.6 Å². The number of carbonyl (C=O) groups is 1. The van der Waals surface area contributed by atoms with Gasteiger partial charge >= 0.3 is 5.91 Å². The maximum absolute atomic E-state index is 11.6. The van der Waals surface area contributed by atoms with Crippen LogP contribution in [0.3, 0.4) is 0 Å². The molecule has 0 aliphatic carbocycles. The third-order valence-electron chi connectivity index (χ3n) is 2.18. The minimum absolute atomic E-state index is 0.322. The second kappa shape index (κ2) is 6.04. The van der Waals surface area contributed by atoms with Gasteiger partial charge in [0.25, 0.3) is 0 Å². The van der Waals surface area contributed by atoms with Crippen LogP contribution in [0, 0.1) is 11.8 Å². The second-order valence-corrected chi connectivity index (χ2v) is 4.50. The van der Waals surface area contributed by atoms with Gasteiger partial charge in [-0.05, 0) is 30.3 Å². The summed E-state index contributed by atoms with van der Waals surface area (Å²) in [4.78, 5) is 11.6. The number of nitrogens with one attached hydrogen (secondary N) is 1. The predicted octanol–water partition coefficient (Wildman–Crippen LogP) is 3.44. The third kappa shape index (κ3) is 3.76. The zero-order valence-corrected chi connectivity index (χ0v) is 11.1. The summed E-state index contributed by atoms with van der Waals surface area (Å²) in [6, 6.07) is 16.8. The fourth-order valence-electron chi connectivity index (χ4n) is 1.38. The lowest BCUT2D eigenvalue weighted by Gasteiger charge is -2.00. The molecular formula is C15H10BrNO. The van der Waals surface area contributed by atoms with Gasteiger partial charge in [-0.25, -0.2) is 0 Å². The molecule has 1 N–H and O–H groups in total. The van der Waals surface area contributed by atoms with Crippen molar-refractivity contribution in [3.8, 4) is 11.8 Å². The summed E-state index contributed by atoms with van der Waals surface area (Å²) in [7, 11) is 0. The number of anilines is 1. The van der Waals surface area contributed by atoms with E-state index in [2.05, 4.69) is 33.1 Å². The number of halogens is 1. The Morgan fingerprint density at radius 3 is 2.56 bits per heavy atom. The van der Waals surface area contributed by atoms with E-state index in [4.69, 9.17) is 0 Å². The van der Waals surface area contributed by atoms with Crippen molar-refractivity contribution in [1.29, 1.82) is 0 Å². The molecule has 0 heterocycles. The number of amides is 1. The van der Waals surface area contributed by atoms with Gasteiger partial charge in [0.2, 0.25) is 0 Å². The fraction of sp³-hybridized carbons (Fsp3) is 0. The zero-order valence-electron chi connectivity index (χ0n) is 9.48. The van der Waals surface area contributed by atoms with Gasteiger partial charge in [-0.15, -0.1) is 0 Å². The molecule has 2 aromatic rings. The molecule has 18 heavy (non-hydrogen) atoms. The summed E-state index contributed by atoms with van der Waals surface area (Å²) in [5, 5.41) is 2.71. The van der Waals surface area contributed by atoms with Gasteiger partial charge in [-0.1, -0.05) is 46.1 Å². The Morgan fingerprint density at radius 2 is 1.83 bits per heavy atom. The highest BCUT2D eigenvalue weighted by atomic mass is 79.9. The Bertz CT molecular complexity index is 611. The topological polar surface area (TPSA) is 29.1 Å². The monoisotopic (exact) mass is 299 g/mol. The molecule has 0 saturated carbocycles. The van der Waals surface area contributed by atoms with Gasteiger partial charge in [-0.3, -0.25) is 4.79 Å². The summed E-state index contributed by atoms with van der Waals surface area (Å²) in [5.41, 5.74) is 1.54. The molecule has 3 heteroatoms. The van der Waals surface area contributed by atoms with Gasteiger partial charge in [0.1, 0.15) is 0 Å². The van der Waals surface area contributed by atoms with Crippen molar-refractivity contribution in [2.45, 2.75) is 0 Å². The van der Waals surface area contributed by atoms with Crippen molar-refractivity contribution in [2.75, 3.05) is 5.32 Å². The highest BCUT2D eigenvalue weighted by Gasteiger charge is 1.97. The van der Waals surface area contributed by atoms with E-state index in [-0.39, 0.29) is 5.91 Å². The van der Waals surface area contributed by atoms with Gasteiger partial charge < -0.3 is 5.32 Å². The Morgan fingerprint density at radius 1 is 1.06 bits per heavy atom. The maximum atomic E-state index is 11.6. The van der Waals surface area contributed by atoms with Crippen LogP contribution in [-0.4, -0.2) is 5.91 Å². The molecule has 2 rings (SSSR count). The number of rotatable bonds is 1. The first-order chi connectivity index (χ1) is 8.74. The Hall–Kier alpha value is -2.05. The summed E-state index contributed by atoms with van der Waals surface area (Å²) >= 11 is 3.34. The normalized spacial score (nSPS) is 9.17. The second-order valence-electron chi connectivity index (χ2n) is 3.58. The third-order valence-corrected chi connectivity index (χ3v) is 2.67. The molecule has 2 nitrogen and oxygen atoms in total. The average Bonchev–Trinajstić information content (AvgIpc) is 2.38. The van der Waals surface area contributed by atoms with E-state index in [0.717, 1.165) is 15.7 Å². The van der Waals surface area contributed by atoms with E-state index in [1.165, 1.54) is 0 Å². The molecule has 0 aliphatic rings. The van der Waals surface area contributed by atoms with Crippen molar-refractivity contribution < 1.29 is 4.79 Å². The molecule has 0 atom stereocenters. The van der Waals surface area contributed by atoms with Crippen LogP contribution in [0.4, 0.5) is 5.69 Å². The standard InChI is InChI=1S/C15H10BrNO/c16-13-7-4-8-14(11-13)17-15(18)10-9-12-5-2-1-3-6-12/h1-8,11H,(H,17,18). The molecule has 0 fully saturated rings. The molecule has 0 spiro atoms. The lowest BCUT2D eigenvalue weighted by atomic mass is 10.2. The van der Waals surface area contributed by atoms with Crippen molar-refractivity contribution in [1.82, 2.24) is 0 Å². The number of benzene rings is 2. The van der Waals surface area contributed by atoms with Crippen LogP contribution in [0.15, 0.2) is 59.1 Å². The van der Waals surface area contributed by atoms with Crippen LogP contribution in [0.1, 0.15) is 5.56 Å². The van der Waals surface area contributed by atoms with Crippen LogP contribution in [0.2, 0.25) is 0 Å². The quantitative estimate of drug-likeness (QED) is 0.803. The molecular weight excluding hydrogens is 290 g/mol. The molecule has 0 unspecified atom stereocenters. The fourth-order valence-corrected chi connectivity index (χ4v) is 1.78. The first kappa shape index (κ1) is 12.4. The predicted molar refractivity (Wildman–Crippen MR) is 76.1 cm³/mol. The van der Waals surface area contributed by atoms with Crippen molar-refractivity contribution in [2.24, 2.45) is 0 Å². The van der Waals surface area contributed by atoms with Gasteiger partial charge in [0.05, 0.1) is 0 Å². The van der Waals surface area contributed by atoms with Gasteiger partial charge in [-0.2, -0.15) is 0 Å². The number of hydrogen-bond donors (Lipinski definition) is 1. The van der Waals surface area contributed by atoms with Crippen molar-refractivity contribution >= 4 is 27.5 Å². The van der Waals surface area contributed by atoms with Crippen LogP contribution < -0.4 is 5.32 Å². The van der Waals surface area contributed by atoms with Gasteiger partial charge in [0.15, 0.2) is 0 Å². The van der Waals surface area contributed by atoms with Crippen molar-refractivity contribution in [3.63, 3.8) is 0 Å². The minimum atomic E-state index is -0.322. The van der Waals surface area contributed by atoms with Crippen LogP contribution >= 0.6 is 15.9 Å². The minimum Gasteiger partial charge on any atom is -0.315 e. The molecule has 2 aromatic carbocycles. The van der Waals surface area contributed by atoms with Crippen LogP contribution in [-0.2, 0) is 4.79 Å². The van der Waals surface area contributed by atoms with Crippen LogP contribution in [0.25, 0.3) is 0 Å². The summed E-state index contributed by atoms with van der Waals surface area (Å²) in [6.07, 6.45) is 0. The molecule has 88 valence electrons. The molecule has 0 saturated heterocycles. The first-order valence-electron chi connectivity index (χ1n) is 5.38. The first-order valence-corrected chi connectivity index (χ1v) is 6.17. The molecule has 0 radical (unpaired) electrons. The lowest BCUT2D eigenvalue weighted by Crippen LogP contribution is -2.08. The Labute approximate surface area is 114 Å². The molecule has 0 bridgehead atoms. The van der Waals surface area contributed by atoms with Crippen molar-refractivity contribution in [3.05, 3.63) is 64.6 Å². The smallest absolute Gasteiger partial charge is 0.300 e. The SMILES string of the molecule is O=C(C#Cc1ccccc1)Nc1cccc(Br)c1. The number of hydrogen-bond acceptors (Lipinski definition) is 1. The molecule has 0 aliphatic heterocycles. The number of carbonyl (C=O) groups excluding carboxylic acids is 1. The molecule has 0 aromatic heterocycles. The Balaban J connectivity index is 2.04. The summed E-state index contributed by atoms with van der Waals surface area (Å²) in [6.45, 7) is 0. The summed E-state index contributed by atoms with van der Waals surface area (Å²) < 4.78 is 0.913. The van der Waals surface area contributed by atoms with E-state index in [0.29, 0.717) is 0 Å². The maximum Gasteiger partial charge on any atom is 0.300 e. The molecule has 1 amide bonds. The Kier molecular flexibility index (Phi) is 4.16. The van der Waals surface area contributed by atoms with E-state index in [1.54, 1.807) is 0 Å². The van der Waals surface area contributed by atoms with E-state index >= 15 is 0 Å². The average molecular weight is 300 g/mol. The van der Waals surface area contributed by atoms with E-state index < -0.39 is 0 Å². The highest BCUT2D eigenvalue weighted by molar-refractivity contribution is 9.10.